The zero-order valence-electron chi connectivity index (χ0n) is 13.9. The monoisotopic (exact) mass is 281 g/mol. The molecule has 0 saturated heterocycles. The summed E-state index contributed by atoms with van der Waals surface area (Å²) in [4.78, 5) is 0. The molecule has 0 N–H and O–H groups in total. The van der Waals surface area contributed by atoms with Crippen molar-refractivity contribution in [3.8, 4) is 0 Å². The molecule has 0 aromatic heterocycles. The van der Waals surface area contributed by atoms with Crippen LogP contribution in [0.25, 0.3) is 0 Å². The molecule has 0 amide bonds. The molecule has 0 aliphatic heterocycles. The molecular weight excluding hydrogens is 244 g/mol. The Labute approximate surface area is 128 Å². The molecule has 0 heterocycles. The molecule has 0 aliphatic rings. The van der Waals surface area contributed by atoms with Crippen LogP contribution in [0.1, 0.15) is 96.8 Å². The van der Waals surface area contributed by atoms with Crippen molar-refractivity contribution in [2.75, 3.05) is 6.61 Å². The maximum Gasteiger partial charge on any atom is 0.0700 e. The zero-order valence-corrected chi connectivity index (χ0v) is 13.9. The van der Waals surface area contributed by atoms with Crippen LogP contribution in [0.5, 0.6) is 0 Å². The van der Waals surface area contributed by atoms with Gasteiger partial charge in [-0.2, -0.15) is 0 Å². The van der Waals surface area contributed by atoms with Gasteiger partial charge in [0.05, 0.1) is 7.11 Å². The van der Waals surface area contributed by atoms with E-state index in [1.807, 2.05) is 0 Å². The van der Waals surface area contributed by atoms with Crippen LogP contribution in [-0.2, 0) is 4.74 Å². The summed E-state index contributed by atoms with van der Waals surface area (Å²) in [6.07, 6.45) is 23.7. The van der Waals surface area contributed by atoms with Gasteiger partial charge in [-0.15, -0.1) is 0 Å². The van der Waals surface area contributed by atoms with E-state index in [1.54, 1.807) is 0 Å². The highest BCUT2D eigenvalue weighted by molar-refractivity contribution is 4.81. The van der Waals surface area contributed by atoms with Crippen LogP contribution in [0.4, 0.5) is 0 Å². The summed E-state index contributed by atoms with van der Waals surface area (Å²) in [6, 6.07) is 0. The van der Waals surface area contributed by atoms with E-state index >= 15 is 0 Å². The van der Waals surface area contributed by atoms with Crippen molar-refractivity contribution in [3.63, 3.8) is 0 Å². The van der Waals surface area contributed by atoms with Gasteiger partial charge in [-0.25, -0.2) is 0 Å². The minimum Gasteiger partial charge on any atom is -0.379 e. The van der Waals surface area contributed by atoms with Gasteiger partial charge in [0, 0.05) is 6.61 Å². The lowest BCUT2D eigenvalue weighted by atomic mass is 10.1. The van der Waals surface area contributed by atoms with Gasteiger partial charge in [-0.3, -0.25) is 0 Å². The van der Waals surface area contributed by atoms with E-state index in [1.165, 1.54) is 89.9 Å². The Morgan fingerprint density at radius 3 is 1.60 bits per heavy atom. The Morgan fingerprint density at radius 2 is 1.10 bits per heavy atom. The van der Waals surface area contributed by atoms with E-state index in [0.29, 0.717) is 0 Å². The van der Waals surface area contributed by atoms with Gasteiger partial charge in [0.25, 0.3) is 0 Å². The van der Waals surface area contributed by atoms with Crippen LogP contribution >= 0.6 is 0 Å². The van der Waals surface area contributed by atoms with Crippen LogP contribution in [-0.4, -0.2) is 6.61 Å². The topological polar surface area (TPSA) is 9.23 Å². The second-order valence-electron chi connectivity index (χ2n) is 5.85. The molecule has 1 radical (unpaired) electrons. The molecule has 0 rings (SSSR count). The van der Waals surface area contributed by atoms with Gasteiger partial charge in [-0.1, -0.05) is 76.9 Å². The minimum atomic E-state index is 0.821. The van der Waals surface area contributed by atoms with E-state index in [2.05, 4.69) is 26.2 Å². The lowest BCUT2D eigenvalue weighted by Crippen LogP contribution is -1.86. The van der Waals surface area contributed by atoms with Crippen LogP contribution in [0, 0.1) is 7.11 Å². The standard InChI is InChI=1S/C19H37O/c1-3-4-5-6-7-8-9-10-11-12-13-14-15-16-17-18-19-20-2/h10-11H,2-9,12-19H2,1H3/b11-10-. The molecule has 0 bridgehead atoms. The smallest absolute Gasteiger partial charge is 0.0700 e. The Hall–Kier alpha value is -0.300. The van der Waals surface area contributed by atoms with Gasteiger partial charge in [0.2, 0.25) is 0 Å². The van der Waals surface area contributed by atoms with Crippen molar-refractivity contribution in [3.05, 3.63) is 19.3 Å². The third-order valence-corrected chi connectivity index (χ3v) is 3.80. The fourth-order valence-electron chi connectivity index (χ4n) is 2.45. The molecule has 0 spiro atoms. The average molecular weight is 282 g/mol. The van der Waals surface area contributed by atoms with Crippen molar-refractivity contribution in [1.82, 2.24) is 0 Å². The normalized spacial score (nSPS) is 11.5. The van der Waals surface area contributed by atoms with E-state index in [9.17, 15) is 0 Å². The molecule has 0 unspecified atom stereocenters. The molecule has 20 heavy (non-hydrogen) atoms. The summed E-state index contributed by atoms with van der Waals surface area (Å²) in [7, 11) is 3.39. The zero-order chi connectivity index (χ0) is 14.7. The quantitative estimate of drug-likeness (QED) is 0.222. The van der Waals surface area contributed by atoms with Crippen LogP contribution in [0.15, 0.2) is 12.2 Å². The summed E-state index contributed by atoms with van der Waals surface area (Å²) in [5.41, 5.74) is 0. The summed E-state index contributed by atoms with van der Waals surface area (Å²) >= 11 is 0. The molecule has 0 atom stereocenters. The van der Waals surface area contributed by atoms with E-state index in [0.717, 1.165) is 6.61 Å². The molecule has 119 valence electrons. The molecule has 1 heteroatoms. The molecular formula is C19H37O. The summed E-state index contributed by atoms with van der Waals surface area (Å²) in [5, 5.41) is 0. The van der Waals surface area contributed by atoms with Crippen LogP contribution in [0.2, 0.25) is 0 Å². The molecule has 0 aromatic carbocycles. The average Bonchev–Trinajstić information content (AvgIpc) is 2.47. The number of unbranched alkanes of at least 4 members (excludes halogenated alkanes) is 12. The fourth-order valence-corrected chi connectivity index (χ4v) is 2.45. The molecule has 0 aliphatic carbocycles. The number of allylic oxidation sites excluding steroid dienone is 2. The van der Waals surface area contributed by atoms with Crippen molar-refractivity contribution in [2.24, 2.45) is 0 Å². The molecule has 0 saturated carbocycles. The lowest BCUT2D eigenvalue weighted by molar-refractivity contribution is 0.233. The van der Waals surface area contributed by atoms with Gasteiger partial charge < -0.3 is 4.74 Å². The van der Waals surface area contributed by atoms with Crippen LogP contribution < -0.4 is 0 Å². The number of rotatable bonds is 16. The van der Waals surface area contributed by atoms with E-state index in [-0.39, 0.29) is 0 Å². The Balaban J connectivity index is 3.01. The largest absolute Gasteiger partial charge is 0.379 e. The first-order valence-corrected chi connectivity index (χ1v) is 8.93. The van der Waals surface area contributed by atoms with E-state index in [4.69, 9.17) is 4.74 Å². The Kier molecular flexibility index (Phi) is 18.4. The number of ether oxygens (including phenoxy) is 1. The SMILES string of the molecule is [CH2]OCCCCCCCC/C=C\CCCCCCCC. The molecule has 0 aromatic rings. The second kappa shape index (κ2) is 18.7. The Morgan fingerprint density at radius 1 is 0.650 bits per heavy atom. The third kappa shape index (κ3) is 17.7. The van der Waals surface area contributed by atoms with E-state index < -0.39 is 0 Å². The lowest BCUT2D eigenvalue weighted by Gasteiger charge is -2.00. The highest BCUT2D eigenvalue weighted by Gasteiger charge is 1.91. The van der Waals surface area contributed by atoms with Gasteiger partial charge >= 0.3 is 0 Å². The van der Waals surface area contributed by atoms with Crippen molar-refractivity contribution in [2.45, 2.75) is 96.8 Å². The minimum absolute atomic E-state index is 0.821. The maximum absolute atomic E-state index is 4.80. The predicted molar refractivity (Wildman–Crippen MR) is 90.8 cm³/mol. The van der Waals surface area contributed by atoms with Gasteiger partial charge in [-0.05, 0) is 32.1 Å². The first-order chi connectivity index (χ1) is 9.91. The summed E-state index contributed by atoms with van der Waals surface area (Å²) < 4.78 is 4.80. The van der Waals surface area contributed by atoms with Crippen molar-refractivity contribution in [1.29, 1.82) is 0 Å². The Bertz CT molecular complexity index is 186. The maximum atomic E-state index is 4.80. The van der Waals surface area contributed by atoms with Crippen LogP contribution in [0.3, 0.4) is 0 Å². The highest BCUT2D eigenvalue weighted by atomic mass is 16.5. The first kappa shape index (κ1) is 19.7. The van der Waals surface area contributed by atoms with Crippen molar-refractivity contribution >= 4 is 0 Å². The number of hydrogen-bond acceptors (Lipinski definition) is 1. The fraction of sp³-hybridized carbons (Fsp3) is 0.842. The molecule has 1 nitrogen and oxygen atoms in total. The summed E-state index contributed by atoms with van der Waals surface area (Å²) in [5.74, 6) is 0. The highest BCUT2D eigenvalue weighted by Crippen LogP contribution is 2.09. The first-order valence-electron chi connectivity index (χ1n) is 8.93. The third-order valence-electron chi connectivity index (χ3n) is 3.80. The van der Waals surface area contributed by atoms with Crippen molar-refractivity contribution < 1.29 is 4.74 Å². The second-order valence-corrected chi connectivity index (χ2v) is 5.85. The summed E-state index contributed by atoms with van der Waals surface area (Å²) in [6.45, 7) is 3.10. The predicted octanol–water partition coefficient (Wildman–Crippen LogP) is 6.83. The van der Waals surface area contributed by atoms with Gasteiger partial charge in [0.15, 0.2) is 0 Å². The number of hydrogen-bond donors (Lipinski definition) is 0. The molecule has 0 fully saturated rings. The van der Waals surface area contributed by atoms with Gasteiger partial charge in [0.1, 0.15) is 0 Å².